The number of anilines is 1. The van der Waals surface area contributed by atoms with E-state index in [4.69, 9.17) is 28.9 Å². The summed E-state index contributed by atoms with van der Waals surface area (Å²) in [4.78, 5) is 11.7. The Morgan fingerprint density at radius 2 is 1.80 bits per heavy atom. The van der Waals surface area contributed by atoms with Crippen LogP contribution in [0, 0.1) is 0 Å². The molecule has 0 bridgehead atoms. The molecule has 0 fully saturated rings. The lowest BCUT2D eigenvalue weighted by Crippen LogP contribution is -2.28. The summed E-state index contributed by atoms with van der Waals surface area (Å²) >= 11 is 15.3. The van der Waals surface area contributed by atoms with E-state index in [-0.39, 0.29) is 0 Å². The Balaban J connectivity index is 2.34. The first-order chi connectivity index (χ1) is 9.47. The molecule has 2 rings (SSSR count). The summed E-state index contributed by atoms with van der Waals surface area (Å²) in [5, 5.41) is 4.14. The maximum absolute atomic E-state index is 11.7. The lowest BCUT2D eigenvalue weighted by Gasteiger charge is -2.18. The van der Waals surface area contributed by atoms with Crippen LogP contribution >= 0.6 is 39.1 Å². The van der Waals surface area contributed by atoms with Gasteiger partial charge < -0.3 is 11.1 Å². The van der Waals surface area contributed by atoms with E-state index in [0.29, 0.717) is 15.6 Å². The van der Waals surface area contributed by atoms with Crippen LogP contribution in [-0.4, -0.2) is 5.91 Å². The number of halogens is 3. The first kappa shape index (κ1) is 15.2. The van der Waals surface area contributed by atoms with Gasteiger partial charge in [0.15, 0.2) is 0 Å². The molecule has 0 heterocycles. The summed E-state index contributed by atoms with van der Waals surface area (Å²) in [6.45, 7) is 0. The lowest BCUT2D eigenvalue weighted by molar-refractivity contribution is -0.118. The molecule has 20 heavy (non-hydrogen) atoms. The minimum Gasteiger partial charge on any atom is -0.370 e. The molecule has 0 saturated heterocycles. The van der Waals surface area contributed by atoms with Gasteiger partial charge in [-0.15, -0.1) is 0 Å². The van der Waals surface area contributed by atoms with Crippen molar-refractivity contribution in [3.63, 3.8) is 0 Å². The van der Waals surface area contributed by atoms with Crippen LogP contribution < -0.4 is 11.1 Å². The monoisotopic (exact) mass is 372 g/mol. The minimum absolute atomic E-state index is 0.471. The molecule has 0 aromatic heterocycles. The fourth-order valence-corrected chi connectivity index (χ4v) is 2.48. The van der Waals surface area contributed by atoms with Crippen molar-refractivity contribution in [2.45, 2.75) is 6.04 Å². The molecule has 1 atom stereocenters. The van der Waals surface area contributed by atoms with Crippen molar-refractivity contribution in [1.29, 1.82) is 0 Å². The fourth-order valence-electron chi connectivity index (χ4n) is 1.75. The van der Waals surface area contributed by atoms with Crippen molar-refractivity contribution in [2.24, 2.45) is 5.73 Å². The van der Waals surface area contributed by atoms with E-state index in [1.807, 2.05) is 0 Å². The highest BCUT2D eigenvalue weighted by molar-refractivity contribution is 9.10. The van der Waals surface area contributed by atoms with E-state index in [9.17, 15) is 4.79 Å². The number of carbonyl (C=O) groups is 1. The Hall–Kier alpha value is -1.23. The number of primary amides is 1. The Morgan fingerprint density at radius 1 is 1.15 bits per heavy atom. The molecule has 3 nitrogen and oxygen atoms in total. The molecule has 0 aliphatic carbocycles. The smallest absolute Gasteiger partial charge is 0.244 e. The van der Waals surface area contributed by atoms with Crippen LogP contribution in [0.25, 0.3) is 0 Å². The van der Waals surface area contributed by atoms with Crippen LogP contribution in [0.5, 0.6) is 0 Å². The number of hydrogen-bond acceptors (Lipinski definition) is 2. The van der Waals surface area contributed by atoms with Crippen molar-refractivity contribution >= 4 is 50.7 Å². The normalized spacial score (nSPS) is 11.9. The van der Waals surface area contributed by atoms with E-state index >= 15 is 0 Å². The zero-order valence-electron chi connectivity index (χ0n) is 10.2. The molecule has 104 valence electrons. The van der Waals surface area contributed by atoms with Gasteiger partial charge in [-0.1, -0.05) is 39.1 Å². The second kappa shape index (κ2) is 6.48. The molecule has 6 heteroatoms. The zero-order chi connectivity index (χ0) is 14.7. The molecule has 3 N–H and O–H groups in total. The van der Waals surface area contributed by atoms with E-state index in [1.165, 1.54) is 0 Å². The quantitative estimate of drug-likeness (QED) is 0.834. The van der Waals surface area contributed by atoms with Crippen LogP contribution in [0.4, 0.5) is 5.69 Å². The van der Waals surface area contributed by atoms with Crippen LogP contribution in [0.1, 0.15) is 11.6 Å². The molecular weight excluding hydrogens is 363 g/mol. The van der Waals surface area contributed by atoms with Gasteiger partial charge in [-0.25, -0.2) is 0 Å². The number of amides is 1. The first-order valence-corrected chi connectivity index (χ1v) is 7.28. The number of nitrogens with two attached hydrogens (primary N) is 1. The van der Waals surface area contributed by atoms with Crippen molar-refractivity contribution < 1.29 is 4.79 Å². The van der Waals surface area contributed by atoms with E-state index in [0.717, 1.165) is 10.2 Å². The maximum Gasteiger partial charge on any atom is 0.244 e. The van der Waals surface area contributed by atoms with Crippen LogP contribution in [0.3, 0.4) is 0 Å². The zero-order valence-corrected chi connectivity index (χ0v) is 13.3. The summed E-state index contributed by atoms with van der Waals surface area (Å²) in [6, 6.07) is 11.5. The molecule has 0 spiro atoms. The molecular formula is C14H11BrCl2N2O. The Kier molecular flexibility index (Phi) is 4.91. The highest BCUT2D eigenvalue weighted by Crippen LogP contribution is 2.29. The Bertz CT molecular complexity index is 632. The maximum atomic E-state index is 11.7. The first-order valence-electron chi connectivity index (χ1n) is 5.74. The van der Waals surface area contributed by atoms with Gasteiger partial charge in [0.1, 0.15) is 6.04 Å². The third kappa shape index (κ3) is 3.66. The van der Waals surface area contributed by atoms with Gasteiger partial charge in [-0.05, 0) is 42.5 Å². The number of carbonyl (C=O) groups excluding carboxylic acids is 1. The second-order valence-corrected chi connectivity index (χ2v) is 5.91. The van der Waals surface area contributed by atoms with Crippen molar-refractivity contribution in [3.05, 3.63) is 62.5 Å². The van der Waals surface area contributed by atoms with Crippen molar-refractivity contribution in [3.8, 4) is 0 Å². The summed E-state index contributed by atoms with van der Waals surface area (Å²) in [6.07, 6.45) is 0. The predicted molar refractivity (Wildman–Crippen MR) is 86.2 cm³/mol. The van der Waals surface area contributed by atoms with Gasteiger partial charge in [0.2, 0.25) is 5.91 Å². The second-order valence-electron chi connectivity index (χ2n) is 4.15. The number of hydrogen-bond donors (Lipinski definition) is 2. The average Bonchev–Trinajstić information content (AvgIpc) is 2.41. The predicted octanol–water partition coefficient (Wildman–Crippen LogP) is 4.39. The highest BCUT2D eigenvalue weighted by Gasteiger charge is 2.20. The van der Waals surface area contributed by atoms with Gasteiger partial charge in [0.05, 0.1) is 0 Å². The number of rotatable bonds is 4. The van der Waals surface area contributed by atoms with Crippen LogP contribution in [0.15, 0.2) is 46.9 Å². The summed E-state index contributed by atoms with van der Waals surface area (Å²) < 4.78 is 0.820. The molecule has 1 amide bonds. The van der Waals surface area contributed by atoms with E-state index in [2.05, 4.69) is 21.2 Å². The van der Waals surface area contributed by atoms with Gasteiger partial charge >= 0.3 is 0 Å². The van der Waals surface area contributed by atoms with Gasteiger partial charge in [0.25, 0.3) is 0 Å². The highest BCUT2D eigenvalue weighted by atomic mass is 79.9. The largest absolute Gasteiger partial charge is 0.370 e. The standard InChI is InChI=1S/C14H11BrCl2N2O/c15-8-1-6-12(17)11(7-8)13(14(18)20)19-10-4-2-9(16)3-5-10/h1-7,13,19H,(H2,18,20). The molecule has 2 aromatic rings. The van der Waals surface area contributed by atoms with Crippen LogP contribution in [-0.2, 0) is 4.79 Å². The molecule has 0 aliphatic heterocycles. The third-order valence-electron chi connectivity index (χ3n) is 2.71. The summed E-state index contributed by atoms with van der Waals surface area (Å²) in [5.41, 5.74) is 6.81. The third-order valence-corrected chi connectivity index (χ3v) is 3.80. The number of benzene rings is 2. The Morgan fingerprint density at radius 3 is 2.40 bits per heavy atom. The molecule has 2 aromatic carbocycles. The summed E-state index contributed by atoms with van der Waals surface area (Å²) in [5.74, 6) is -0.514. The Labute approximate surface area is 135 Å². The average molecular weight is 374 g/mol. The molecule has 1 unspecified atom stereocenters. The van der Waals surface area contributed by atoms with Crippen LogP contribution in [0.2, 0.25) is 10.0 Å². The molecule has 0 radical (unpaired) electrons. The molecule has 0 aliphatic rings. The topological polar surface area (TPSA) is 55.1 Å². The number of nitrogens with one attached hydrogen (secondary N) is 1. The van der Waals surface area contributed by atoms with Gasteiger partial charge in [-0.3, -0.25) is 4.79 Å². The van der Waals surface area contributed by atoms with E-state index in [1.54, 1.807) is 42.5 Å². The van der Waals surface area contributed by atoms with E-state index < -0.39 is 11.9 Å². The van der Waals surface area contributed by atoms with Crippen molar-refractivity contribution in [1.82, 2.24) is 0 Å². The van der Waals surface area contributed by atoms with Gasteiger partial charge in [0, 0.05) is 25.8 Å². The summed E-state index contributed by atoms with van der Waals surface area (Å²) in [7, 11) is 0. The van der Waals surface area contributed by atoms with Gasteiger partial charge in [-0.2, -0.15) is 0 Å². The fraction of sp³-hybridized carbons (Fsp3) is 0.0714. The minimum atomic E-state index is -0.721. The lowest BCUT2D eigenvalue weighted by atomic mass is 10.1. The molecule has 0 saturated carbocycles. The van der Waals surface area contributed by atoms with Crippen molar-refractivity contribution in [2.75, 3.05) is 5.32 Å². The SMILES string of the molecule is NC(=O)C(Nc1ccc(Cl)cc1)c1cc(Br)ccc1Cl.